The normalized spacial score (nSPS) is 16.0. The van der Waals surface area contributed by atoms with E-state index in [4.69, 9.17) is 0 Å². The standard InChI is InChI=1S/C13H17N3.C7H8O3S/c1-2-6-11-10(4-1)5-3-7-12(11)16-13-14-8-9-15-13;1-6-2-4-7(5-3-6)11(8,9)10/h3,5,7H,1-2,4,6,8-9H2,(H2,14,15,16);2-5H,1H3,(H,8,9,10). The lowest BCUT2D eigenvalue weighted by atomic mass is 9.90. The summed E-state index contributed by atoms with van der Waals surface area (Å²) >= 11 is 0. The molecule has 0 unspecified atom stereocenters. The quantitative estimate of drug-likeness (QED) is 0.768. The lowest BCUT2D eigenvalue weighted by molar-refractivity contribution is -0.527. The summed E-state index contributed by atoms with van der Waals surface area (Å²) in [6, 6.07) is 12.4. The molecule has 0 aromatic heterocycles. The third-order valence-electron chi connectivity index (χ3n) is 4.72. The zero-order valence-corrected chi connectivity index (χ0v) is 16.3. The Morgan fingerprint density at radius 2 is 1.81 bits per heavy atom. The van der Waals surface area contributed by atoms with Gasteiger partial charge in [-0.3, -0.25) is 10.6 Å². The van der Waals surface area contributed by atoms with Gasteiger partial charge in [0.05, 0.1) is 11.4 Å². The van der Waals surface area contributed by atoms with Gasteiger partial charge in [0.15, 0.2) is 0 Å². The van der Waals surface area contributed by atoms with Crippen molar-refractivity contribution in [1.29, 1.82) is 0 Å². The largest absolute Gasteiger partial charge is 0.744 e. The fourth-order valence-electron chi connectivity index (χ4n) is 3.28. The zero-order chi connectivity index (χ0) is 19.3. The summed E-state index contributed by atoms with van der Waals surface area (Å²) in [4.78, 5) is 4.25. The van der Waals surface area contributed by atoms with Crippen molar-refractivity contribution < 1.29 is 18.3 Å². The number of hydrogen-bond acceptors (Lipinski definition) is 5. The number of fused-ring (bicyclic) bond motifs is 1. The maximum absolute atomic E-state index is 10.4. The Morgan fingerprint density at radius 1 is 1.07 bits per heavy atom. The fourth-order valence-corrected chi connectivity index (χ4v) is 3.75. The lowest BCUT2D eigenvalue weighted by Gasteiger charge is -2.19. The summed E-state index contributed by atoms with van der Waals surface area (Å²) in [6.45, 7) is 3.84. The van der Waals surface area contributed by atoms with Crippen molar-refractivity contribution in [3.05, 3.63) is 59.2 Å². The number of nitrogens with two attached hydrogens (primary N) is 1. The summed E-state index contributed by atoms with van der Waals surface area (Å²) in [7, 11) is -4.27. The molecule has 2 aliphatic rings. The van der Waals surface area contributed by atoms with Crippen molar-refractivity contribution in [2.45, 2.75) is 37.5 Å². The van der Waals surface area contributed by atoms with E-state index in [1.807, 2.05) is 6.92 Å². The van der Waals surface area contributed by atoms with Gasteiger partial charge in [0, 0.05) is 5.69 Å². The van der Waals surface area contributed by atoms with Crippen molar-refractivity contribution in [3.63, 3.8) is 0 Å². The molecule has 6 nitrogen and oxygen atoms in total. The molecule has 3 N–H and O–H groups in total. The van der Waals surface area contributed by atoms with E-state index >= 15 is 0 Å². The molecule has 7 heteroatoms. The van der Waals surface area contributed by atoms with E-state index in [1.54, 1.807) is 12.1 Å². The number of anilines is 1. The van der Waals surface area contributed by atoms with Crippen molar-refractivity contribution in [1.82, 2.24) is 0 Å². The molecule has 27 heavy (non-hydrogen) atoms. The van der Waals surface area contributed by atoms with Gasteiger partial charge in [-0.2, -0.15) is 0 Å². The van der Waals surface area contributed by atoms with E-state index in [9.17, 15) is 13.0 Å². The van der Waals surface area contributed by atoms with Crippen molar-refractivity contribution >= 4 is 21.8 Å². The van der Waals surface area contributed by atoms with Crippen molar-refractivity contribution in [3.8, 4) is 0 Å². The Balaban J connectivity index is 0.000000168. The topological polar surface area (TPSA) is 98.2 Å². The monoisotopic (exact) mass is 387 g/mol. The van der Waals surface area contributed by atoms with Crippen LogP contribution in [-0.2, 0) is 23.0 Å². The van der Waals surface area contributed by atoms with Crippen LogP contribution >= 0.6 is 0 Å². The number of nitrogens with one attached hydrogen (secondary N) is 1. The van der Waals surface area contributed by atoms with Crippen LogP contribution in [0.5, 0.6) is 0 Å². The molecule has 0 atom stereocenters. The van der Waals surface area contributed by atoms with Gasteiger partial charge >= 0.3 is 0 Å². The minimum atomic E-state index is -4.27. The predicted molar refractivity (Wildman–Crippen MR) is 105 cm³/mol. The smallest absolute Gasteiger partial charge is 0.299 e. The number of benzene rings is 2. The Kier molecular flexibility index (Phi) is 6.26. The molecule has 1 heterocycles. The predicted octanol–water partition coefficient (Wildman–Crippen LogP) is 1.81. The highest BCUT2D eigenvalue weighted by Crippen LogP contribution is 2.27. The number of hydrogen-bond donors (Lipinski definition) is 2. The molecule has 0 amide bonds. The second kappa shape index (κ2) is 8.65. The molecule has 1 aliphatic heterocycles. The first-order chi connectivity index (χ1) is 12.9. The van der Waals surface area contributed by atoms with Crippen molar-refractivity contribution in [2.75, 3.05) is 18.4 Å². The molecule has 0 radical (unpaired) electrons. The van der Waals surface area contributed by atoms with E-state index in [0.717, 1.165) is 24.6 Å². The van der Waals surface area contributed by atoms with Gasteiger partial charge in [-0.1, -0.05) is 29.8 Å². The second-order valence-electron chi connectivity index (χ2n) is 6.80. The van der Waals surface area contributed by atoms with E-state index in [2.05, 4.69) is 33.8 Å². The molecule has 0 spiro atoms. The molecular formula is C20H25N3O3S. The fraction of sp³-hybridized carbons (Fsp3) is 0.350. The summed E-state index contributed by atoms with van der Waals surface area (Å²) < 4.78 is 31.2. The van der Waals surface area contributed by atoms with Crippen LogP contribution in [0.25, 0.3) is 0 Å². The molecule has 144 valence electrons. The molecule has 0 bridgehead atoms. The van der Waals surface area contributed by atoms with Crippen LogP contribution in [0, 0.1) is 6.92 Å². The van der Waals surface area contributed by atoms with E-state index in [-0.39, 0.29) is 4.90 Å². The lowest BCUT2D eigenvalue weighted by Crippen LogP contribution is -2.87. The second-order valence-corrected chi connectivity index (χ2v) is 8.18. The first-order valence-corrected chi connectivity index (χ1v) is 10.6. The molecular weight excluding hydrogens is 362 g/mol. The number of aryl methyl sites for hydroxylation is 2. The molecule has 4 rings (SSSR count). The highest BCUT2D eigenvalue weighted by Gasteiger charge is 2.16. The average Bonchev–Trinajstić information content (AvgIpc) is 3.15. The first-order valence-electron chi connectivity index (χ1n) is 9.21. The highest BCUT2D eigenvalue weighted by atomic mass is 32.2. The summed E-state index contributed by atoms with van der Waals surface area (Å²) in [5.41, 5.74) is 5.23. The number of guanidine groups is 1. The average molecular weight is 388 g/mol. The van der Waals surface area contributed by atoms with Gasteiger partial charge in [0.1, 0.15) is 16.7 Å². The van der Waals surface area contributed by atoms with Crippen LogP contribution in [0.15, 0.2) is 52.4 Å². The van der Waals surface area contributed by atoms with E-state index in [0.29, 0.717) is 0 Å². The van der Waals surface area contributed by atoms with Crippen LogP contribution in [0.4, 0.5) is 5.69 Å². The van der Waals surface area contributed by atoms with Crippen LogP contribution in [0.3, 0.4) is 0 Å². The Bertz CT molecular complexity index is 922. The highest BCUT2D eigenvalue weighted by molar-refractivity contribution is 7.85. The van der Waals surface area contributed by atoms with Gasteiger partial charge in [0.2, 0.25) is 0 Å². The summed E-state index contributed by atoms with van der Waals surface area (Å²) in [6.07, 6.45) is 5.11. The molecule has 0 fully saturated rings. The van der Waals surface area contributed by atoms with Gasteiger partial charge in [0.25, 0.3) is 5.96 Å². The summed E-state index contributed by atoms with van der Waals surface area (Å²) in [5, 5.41) is 5.65. The Morgan fingerprint density at radius 3 is 2.48 bits per heavy atom. The SMILES string of the molecule is Cc1ccc(S(=O)(=O)[O-])cc1.c1cc2c(c(NC3=NCC[NH2+]3)c1)CCCC2. The van der Waals surface area contributed by atoms with Gasteiger partial charge in [-0.25, -0.2) is 13.4 Å². The Hall–Kier alpha value is -2.22. The maximum Gasteiger partial charge on any atom is 0.299 e. The molecule has 1 aliphatic carbocycles. The number of rotatable bonds is 2. The van der Waals surface area contributed by atoms with Gasteiger partial charge < -0.3 is 4.55 Å². The van der Waals surface area contributed by atoms with Crippen molar-refractivity contribution in [2.24, 2.45) is 4.99 Å². The third kappa shape index (κ3) is 5.38. The van der Waals surface area contributed by atoms with Crippen LogP contribution in [0.2, 0.25) is 0 Å². The Labute approximate surface area is 160 Å². The number of nitrogens with zero attached hydrogens (tertiary/aromatic N) is 1. The molecule has 0 saturated heterocycles. The number of quaternary nitrogens is 1. The van der Waals surface area contributed by atoms with Crippen LogP contribution in [-0.4, -0.2) is 32.0 Å². The summed E-state index contributed by atoms with van der Waals surface area (Å²) in [5.74, 6) is 1.05. The minimum Gasteiger partial charge on any atom is -0.744 e. The van der Waals surface area contributed by atoms with Crippen LogP contribution < -0.4 is 10.6 Å². The molecule has 2 aromatic rings. The van der Waals surface area contributed by atoms with Gasteiger partial charge in [-0.15, -0.1) is 0 Å². The number of aliphatic imine (C=N–C) groups is 1. The molecule has 2 aromatic carbocycles. The van der Waals surface area contributed by atoms with E-state index < -0.39 is 10.1 Å². The maximum atomic E-state index is 10.4. The zero-order valence-electron chi connectivity index (χ0n) is 15.4. The molecule has 0 saturated carbocycles. The third-order valence-corrected chi connectivity index (χ3v) is 5.57. The van der Waals surface area contributed by atoms with Gasteiger partial charge in [-0.05, 0) is 61.9 Å². The first kappa shape index (κ1) is 19.5. The minimum absolute atomic E-state index is 0.178. The van der Waals surface area contributed by atoms with Crippen LogP contribution in [0.1, 0.15) is 29.5 Å². The van der Waals surface area contributed by atoms with E-state index in [1.165, 1.54) is 54.6 Å².